The van der Waals surface area contributed by atoms with E-state index in [9.17, 15) is 8.42 Å². The molecule has 0 bridgehead atoms. The van der Waals surface area contributed by atoms with Crippen molar-refractivity contribution in [1.29, 1.82) is 0 Å². The third-order valence-electron chi connectivity index (χ3n) is 4.93. The zero-order valence-electron chi connectivity index (χ0n) is 18.4. The maximum Gasteiger partial charge on any atom is 0.232 e. The predicted octanol–water partition coefficient (Wildman–Crippen LogP) is 3.16. The van der Waals surface area contributed by atoms with Gasteiger partial charge in [0.15, 0.2) is 0 Å². The van der Waals surface area contributed by atoms with Crippen LogP contribution in [0.5, 0.6) is 0 Å². The lowest BCUT2D eigenvalue weighted by atomic mass is 10.2. The van der Waals surface area contributed by atoms with Gasteiger partial charge in [0.2, 0.25) is 16.0 Å². The summed E-state index contributed by atoms with van der Waals surface area (Å²) in [7, 11) is -2.11. The molecular weight excluding hydrogens is 442 g/mol. The second-order valence-electron chi connectivity index (χ2n) is 7.15. The highest BCUT2D eigenvalue weighted by Gasteiger charge is 2.21. The molecule has 0 spiro atoms. The molecule has 1 aromatic carbocycles. The van der Waals surface area contributed by atoms with E-state index in [1.54, 1.807) is 41.5 Å². The molecule has 0 aliphatic rings. The quantitative estimate of drug-likeness (QED) is 0.403. The highest BCUT2D eigenvalue weighted by Crippen LogP contribution is 2.35. The first kappa shape index (κ1) is 22.1. The maximum atomic E-state index is 12.4. The summed E-state index contributed by atoms with van der Waals surface area (Å²) in [5, 5.41) is 10.6. The molecule has 3 aromatic heterocycles. The molecular formula is C21H23N9O2S. The van der Waals surface area contributed by atoms with Gasteiger partial charge in [-0.1, -0.05) is 12.7 Å². The minimum atomic E-state index is -3.58. The van der Waals surface area contributed by atoms with E-state index in [0.29, 0.717) is 39.7 Å². The van der Waals surface area contributed by atoms with Crippen LogP contribution < -0.4 is 14.9 Å². The van der Waals surface area contributed by atoms with Gasteiger partial charge in [-0.3, -0.25) is 19.0 Å². The molecule has 0 aliphatic heterocycles. The lowest BCUT2D eigenvalue weighted by molar-refractivity contribution is 0.600. The topological polar surface area (TPSA) is 131 Å². The lowest BCUT2D eigenvalue weighted by Gasteiger charge is -2.22. The van der Waals surface area contributed by atoms with E-state index < -0.39 is 10.0 Å². The van der Waals surface area contributed by atoms with Crippen molar-refractivity contribution in [3.05, 3.63) is 55.3 Å². The van der Waals surface area contributed by atoms with Crippen LogP contribution in [0.25, 0.3) is 17.1 Å². The zero-order valence-corrected chi connectivity index (χ0v) is 19.2. The van der Waals surface area contributed by atoms with E-state index in [1.165, 1.54) is 17.5 Å². The van der Waals surface area contributed by atoms with Crippen LogP contribution in [0, 0.1) is 0 Å². The van der Waals surface area contributed by atoms with Gasteiger partial charge in [0.05, 0.1) is 29.3 Å². The molecule has 4 aromatic rings. The summed E-state index contributed by atoms with van der Waals surface area (Å²) in [6.45, 7) is 6.56. The molecule has 4 rings (SSSR count). The van der Waals surface area contributed by atoms with E-state index in [4.69, 9.17) is 0 Å². The Morgan fingerprint density at radius 2 is 1.94 bits per heavy atom. The average molecular weight is 466 g/mol. The number of anilines is 5. The van der Waals surface area contributed by atoms with Crippen molar-refractivity contribution in [2.24, 2.45) is 0 Å². The molecule has 0 atom stereocenters. The van der Waals surface area contributed by atoms with Gasteiger partial charge in [0, 0.05) is 43.9 Å². The SMILES string of the molecule is C=Cc1cnc(Nc2cnn(CC)c2)nc1Nc1ccc2nccnc2c1N(C)S(C)(=O)=O. The second-order valence-corrected chi connectivity index (χ2v) is 9.17. The Kier molecular flexibility index (Phi) is 5.92. The molecule has 3 heterocycles. The van der Waals surface area contributed by atoms with Gasteiger partial charge in [-0.2, -0.15) is 10.1 Å². The summed E-state index contributed by atoms with van der Waals surface area (Å²) in [6.07, 6.45) is 11.0. The Morgan fingerprint density at radius 1 is 1.15 bits per heavy atom. The van der Waals surface area contributed by atoms with Crippen molar-refractivity contribution in [1.82, 2.24) is 29.7 Å². The van der Waals surface area contributed by atoms with E-state index in [0.717, 1.165) is 18.5 Å². The molecule has 11 nitrogen and oxygen atoms in total. The van der Waals surface area contributed by atoms with Crippen molar-refractivity contribution >= 4 is 56.0 Å². The van der Waals surface area contributed by atoms with Crippen molar-refractivity contribution in [2.75, 3.05) is 28.2 Å². The third kappa shape index (κ3) is 4.60. The molecule has 33 heavy (non-hydrogen) atoms. The van der Waals surface area contributed by atoms with Gasteiger partial charge in [-0.25, -0.2) is 13.4 Å². The molecule has 2 N–H and O–H groups in total. The minimum absolute atomic E-state index is 0.345. The number of fused-ring (bicyclic) bond motifs is 1. The maximum absolute atomic E-state index is 12.4. The standard InChI is InChI=1S/C21H23N9O2S/c1-5-14-11-24-21(26-15-12-25-30(6-2)13-15)28-20(14)27-17-8-7-16-18(23-10-9-22-16)19(17)29(3)33(4,31)32/h5,7-13H,1,6H2,2-4H3,(H2,24,26,27,28). The minimum Gasteiger partial charge on any atom is -0.338 e. The van der Waals surface area contributed by atoms with Crippen LogP contribution in [0.2, 0.25) is 0 Å². The summed E-state index contributed by atoms with van der Waals surface area (Å²) in [5.74, 6) is 0.786. The summed E-state index contributed by atoms with van der Waals surface area (Å²) in [5.41, 5.74) is 3.23. The fourth-order valence-corrected chi connectivity index (χ4v) is 3.68. The third-order valence-corrected chi connectivity index (χ3v) is 6.11. The molecule has 0 unspecified atom stereocenters. The predicted molar refractivity (Wildman–Crippen MR) is 129 cm³/mol. The Morgan fingerprint density at radius 3 is 2.64 bits per heavy atom. The van der Waals surface area contributed by atoms with Crippen LogP contribution >= 0.6 is 0 Å². The monoisotopic (exact) mass is 465 g/mol. The number of sulfonamides is 1. The van der Waals surface area contributed by atoms with Crippen molar-refractivity contribution < 1.29 is 8.42 Å². The second kappa shape index (κ2) is 8.82. The average Bonchev–Trinajstić information content (AvgIpc) is 3.25. The van der Waals surface area contributed by atoms with Crippen LogP contribution in [0.4, 0.5) is 28.8 Å². The van der Waals surface area contributed by atoms with Gasteiger partial charge in [0.1, 0.15) is 17.0 Å². The normalized spacial score (nSPS) is 11.4. The highest BCUT2D eigenvalue weighted by atomic mass is 32.2. The van der Waals surface area contributed by atoms with Gasteiger partial charge >= 0.3 is 0 Å². The van der Waals surface area contributed by atoms with Crippen molar-refractivity contribution in [3.8, 4) is 0 Å². The van der Waals surface area contributed by atoms with E-state index in [1.807, 2.05) is 13.1 Å². The largest absolute Gasteiger partial charge is 0.338 e. The molecule has 0 fully saturated rings. The molecule has 0 saturated carbocycles. The van der Waals surface area contributed by atoms with Gasteiger partial charge in [-0.15, -0.1) is 0 Å². The lowest BCUT2D eigenvalue weighted by Crippen LogP contribution is -2.26. The fraction of sp³-hybridized carbons (Fsp3) is 0.190. The summed E-state index contributed by atoms with van der Waals surface area (Å²) in [6, 6.07) is 3.50. The van der Waals surface area contributed by atoms with Crippen molar-refractivity contribution in [3.63, 3.8) is 0 Å². The Labute approximate surface area is 191 Å². The molecule has 0 aliphatic carbocycles. The Hall–Kier alpha value is -4.06. The summed E-state index contributed by atoms with van der Waals surface area (Å²) < 4.78 is 27.7. The van der Waals surface area contributed by atoms with Crippen LogP contribution in [-0.2, 0) is 16.6 Å². The summed E-state index contributed by atoms with van der Waals surface area (Å²) in [4.78, 5) is 17.5. The van der Waals surface area contributed by atoms with E-state index >= 15 is 0 Å². The number of rotatable bonds is 8. The zero-order chi connectivity index (χ0) is 23.6. The fourth-order valence-electron chi connectivity index (χ4n) is 3.17. The number of hydrogen-bond acceptors (Lipinski definition) is 9. The Bertz CT molecular complexity index is 1430. The van der Waals surface area contributed by atoms with Crippen LogP contribution in [0.1, 0.15) is 12.5 Å². The molecule has 0 saturated heterocycles. The number of benzene rings is 1. The van der Waals surface area contributed by atoms with Crippen LogP contribution in [-0.4, -0.2) is 51.4 Å². The van der Waals surface area contributed by atoms with Gasteiger partial charge in [-0.05, 0) is 19.1 Å². The molecule has 170 valence electrons. The van der Waals surface area contributed by atoms with Crippen LogP contribution in [0.15, 0.2) is 49.7 Å². The number of hydrogen-bond donors (Lipinski definition) is 2. The van der Waals surface area contributed by atoms with Crippen LogP contribution in [0.3, 0.4) is 0 Å². The highest BCUT2D eigenvalue weighted by molar-refractivity contribution is 7.92. The first-order valence-electron chi connectivity index (χ1n) is 10.0. The first-order valence-corrected chi connectivity index (χ1v) is 11.9. The van der Waals surface area contributed by atoms with E-state index in [-0.39, 0.29) is 0 Å². The molecule has 12 heteroatoms. The van der Waals surface area contributed by atoms with Gasteiger partial charge in [0.25, 0.3) is 0 Å². The van der Waals surface area contributed by atoms with Crippen molar-refractivity contribution in [2.45, 2.75) is 13.5 Å². The number of aromatic nitrogens is 6. The Balaban J connectivity index is 1.78. The number of aryl methyl sites for hydroxylation is 1. The molecule has 0 radical (unpaired) electrons. The van der Waals surface area contributed by atoms with Gasteiger partial charge < -0.3 is 10.6 Å². The number of nitrogens with one attached hydrogen (secondary N) is 2. The van der Waals surface area contributed by atoms with E-state index in [2.05, 4.69) is 42.2 Å². The smallest absolute Gasteiger partial charge is 0.232 e. The summed E-state index contributed by atoms with van der Waals surface area (Å²) >= 11 is 0. The molecule has 0 amide bonds. The number of nitrogens with zero attached hydrogens (tertiary/aromatic N) is 7. The first-order chi connectivity index (χ1) is 15.8.